The number of carbonyl (C=O) groups excluding carboxylic acids is 1. The number of hydrogen-bond donors (Lipinski definition) is 1. The fourth-order valence-electron chi connectivity index (χ4n) is 1.27. The first kappa shape index (κ1) is 13.6. The molecule has 0 saturated heterocycles. The van der Waals surface area contributed by atoms with Crippen LogP contribution in [0, 0.1) is 5.82 Å². The van der Waals surface area contributed by atoms with E-state index in [-0.39, 0.29) is 24.8 Å². The lowest BCUT2D eigenvalue weighted by Gasteiger charge is -2.17. The summed E-state index contributed by atoms with van der Waals surface area (Å²) < 4.78 is 18.2. The van der Waals surface area contributed by atoms with Crippen molar-refractivity contribution in [2.24, 2.45) is 5.73 Å². The van der Waals surface area contributed by atoms with Crippen LogP contribution < -0.4 is 5.73 Å². The number of esters is 1. The Hall–Kier alpha value is -1.42. The largest absolute Gasteiger partial charge is 0.461 e. The van der Waals surface area contributed by atoms with E-state index in [1.807, 2.05) is 13.8 Å². The minimum Gasteiger partial charge on any atom is -0.461 e. The Morgan fingerprint density at radius 3 is 2.65 bits per heavy atom. The van der Waals surface area contributed by atoms with Crippen LogP contribution in [-0.4, -0.2) is 11.5 Å². The maximum Gasteiger partial charge on any atom is 0.306 e. The standard InChI is InChI=1S/C13H18FNO2/c1-13(2,15)8-7-12(16)17-9-10-5-3-4-6-11(10)14/h3-6H,7-9,15H2,1-2H3. The van der Waals surface area contributed by atoms with E-state index in [2.05, 4.69) is 0 Å². The second kappa shape index (κ2) is 5.77. The molecular weight excluding hydrogens is 221 g/mol. The van der Waals surface area contributed by atoms with Gasteiger partial charge in [-0.15, -0.1) is 0 Å². The Morgan fingerprint density at radius 2 is 2.06 bits per heavy atom. The summed E-state index contributed by atoms with van der Waals surface area (Å²) in [6.07, 6.45) is 0.793. The van der Waals surface area contributed by atoms with Gasteiger partial charge in [0.25, 0.3) is 0 Å². The van der Waals surface area contributed by atoms with Gasteiger partial charge in [-0.2, -0.15) is 0 Å². The average molecular weight is 239 g/mol. The van der Waals surface area contributed by atoms with Gasteiger partial charge in [-0.25, -0.2) is 4.39 Å². The predicted molar refractivity (Wildman–Crippen MR) is 63.7 cm³/mol. The third-order valence-corrected chi connectivity index (χ3v) is 2.32. The second-order valence-electron chi connectivity index (χ2n) is 4.74. The third-order valence-electron chi connectivity index (χ3n) is 2.32. The van der Waals surface area contributed by atoms with Gasteiger partial charge in [0.2, 0.25) is 0 Å². The van der Waals surface area contributed by atoms with E-state index in [0.29, 0.717) is 12.0 Å². The number of rotatable bonds is 5. The SMILES string of the molecule is CC(C)(N)CCC(=O)OCc1ccccc1F. The first-order chi connectivity index (χ1) is 7.88. The minimum atomic E-state index is -0.392. The first-order valence-electron chi connectivity index (χ1n) is 5.56. The van der Waals surface area contributed by atoms with Crippen molar-refractivity contribution >= 4 is 5.97 Å². The van der Waals surface area contributed by atoms with Gasteiger partial charge in [-0.3, -0.25) is 4.79 Å². The molecule has 0 aliphatic carbocycles. The molecule has 94 valence electrons. The van der Waals surface area contributed by atoms with Crippen LogP contribution in [0.1, 0.15) is 32.3 Å². The molecule has 0 fully saturated rings. The summed E-state index contributed by atoms with van der Waals surface area (Å²) in [6.45, 7) is 3.66. The molecule has 1 aromatic rings. The highest BCUT2D eigenvalue weighted by molar-refractivity contribution is 5.69. The average Bonchev–Trinajstić information content (AvgIpc) is 2.24. The van der Waals surface area contributed by atoms with Crippen LogP contribution in [0.3, 0.4) is 0 Å². The molecule has 0 heterocycles. The predicted octanol–water partition coefficient (Wildman–Crippen LogP) is 2.39. The van der Waals surface area contributed by atoms with Crippen molar-refractivity contribution in [2.75, 3.05) is 0 Å². The van der Waals surface area contributed by atoms with Crippen LogP contribution in [-0.2, 0) is 16.1 Å². The first-order valence-corrected chi connectivity index (χ1v) is 5.56. The molecule has 4 heteroatoms. The zero-order valence-electron chi connectivity index (χ0n) is 10.2. The van der Waals surface area contributed by atoms with Crippen molar-refractivity contribution in [1.82, 2.24) is 0 Å². The van der Waals surface area contributed by atoms with Gasteiger partial charge in [0.05, 0.1) is 0 Å². The van der Waals surface area contributed by atoms with Crippen LogP contribution in [0.4, 0.5) is 4.39 Å². The van der Waals surface area contributed by atoms with E-state index in [1.54, 1.807) is 18.2 Å². The van der Waals surface area contributed by atoms with E-state index in [9.17, 15) is 9.18 Å². The Balaban J connectivity index is 2.36. The zero-order chi connectivity index (χ0) is 12.9. The molecule has 0 spiro atoms. The topological polar surface area (TPSA) is 52.3 Å². The zero-order valence-corrected chi connectivity index (χ0v) is 10.2. The summed E-state index contributed by atoms with van der Waals surface area (Å²) in [4.78, 5) is 11.4. The van der Waals surface area contributed by atoms with Crippen molar-refractivity contribution in [1.29, 1.82) is 0 Å². The highest BCUT2D eigenvalue weighted by Crippen LogP contribution is 2.11. The summed E-state index contributed by atoms with van der Waals surface area (Å²) in [5, 5.41) is 0. The molecule has 3 nitrogen and oxygen atoms in total. The van der Waals surface area contributed by atoms with Crippen molar-refractivity contribution in [3.8, 4) is 0 Å². The fraction of sp³-hybridized carbons (Fsp3) is 0.462. The number of nitrogens with two attached hydrogens (primary N) is 1. The molecular formula is C13H18FNO2. The van der Waals surface area contributed by atoms with Crippen molar-refractivity contribution in [2.45, 2.75) is 38.8 Å². The van der Waals surface area contributed by atoms with Gasteiger partial charge in [0.1, 0.15) is 12.4 Å². The molecule has 2 N–H and O–H groups in total. The number of benzene rings is 1. The molecule has 0 aromatic heterocycles. The van der Waals surface area contributed by atoms with Crippen LogP contribution >= 0.6 is 0 Å². The van der Waals surface area contributed by atoms with Gasteiger partial charge < -0.3 is 10.5 Å². The monoisotopic (exact) mass is 239 g/mol. The van der Waals surface area contributed by atoms with E-state index in [4.69, 9.17) is 10.5 Å². The lowest BCUT2D eigenvalue weighted by Crippen LogP contribution is -2.32. The molecule has 1 aromatic carbocycles. The van der Waals surface area contributed by atoms with Crippen molar-refractivity contribution in [3.63, 3.8) is 0 Å². The lowest BCUT2D eigenvalue weighted by atomic mass is 10.0. The normalized spacial score (nSPS) is 11.3. The van der Waals surface area contributed by atoms with Crippen LogP contribution in [0.2, 0.25) is 0 Å². The lowest BCUT2D eigenvalue weighted by molar-refractivity contribution is -0.145. The molecule has 0 aliphatic rings. The number of carbonyl (C=O) groups is 1. The van der Waals surface area contributed by atoms with E-state index < -0.39 is 5.54 Å². The highest BCUT2D eigenvalue weighted by atomic mass is 19.1. The van der Waals surface area contributed by atoms with Crippen LogP contribution in [0.25, 0.3) is 0 Å². The Morgan fingerprint density at radius 1 is 1.41 bits per heavy atom. The Kier molecular flexibility index (Phi) is 4.63. The second-order valence-corrected chi connectivity index (χ2v) is 4.74. The van der Waals surface area contributed by atoms with E-state index in [1.165, 1.54) is 6.07 Å². The molecule has 0 unspecified atom stereocenters. The fourth-order valence-corrected chi connectivity index (χ4v) is 1.27. The number of ether oxygens (including phenoxy) is 1. The Labute approximate surface area is 101 Å². The molecule has 1 rings (SSSR count). The summed E-state index contributed by atoms with van der Waals surface area (Å²) in [5.74, 6) is -0.716. The van der Waals surface area contributed by atoms with Crippen LogP contribution in [0.15, 0.2) is 24.3 Å². The van der Waals surface area contributed by atoms with Gasteiger partial charge in [0, 0.05) is 17.5 Å². The molecule has 0 saturated carbocycles. The molecule has 17 heavy (non-hydrogen) atoms. The van der Waals surface area contributed by atoms with Crippen LogP contribution in [0.5, 0.6) is 0 Å². The quantitative estimate of drug-likeness (QED) is 0.803. The Bertz CT molecular complexity index is 385. The maximum absolute atomic E-state index is 13.2. The molecule has 0 aliphatic heterocycles. The van der Waals surface area contributed by atoms with Crippen molar-refractivity contribution < 1.29 is 13.9 Å². The summed E-state index contributed by atoms with van der Waals surface area (Å²) in [7, 11) is 0. The smallest absolute Gasteiger partial charge is 0.306 e. The third kappa shape index (κ3) is 5.45. The molecule has 0 bridgehead atoms. The molecule has 0 amide bonds. The van der Waals surface area contributed by atoms with Crippen molar-refractivity contribution in [3.05, 3.63) is 35.6 Å². The maximum atomic E-state index is 13.2. The summed E-state index contributed by atoms with van der Waals surface area (Å²) >= 11 is 0. The summed E-state index contributed by atoms with van der Waals surface area (Å²) in [6, 6.07) is 6.23. The highest BCUT2D eigenvalue weighted by Gasteiger charge is 2.14. The number of halogens is 1. The van der Waals surface area contributed by atoms with Gasteiger partial charge >= 0.3 is 5.97 Å². The summed E-state index contributed by atoms with van der Waals surface area (Å²) in [5.41, 5.74) is 5.74. The van der Waals surface area contributed by atoms with E-state index in [0.717, 1.165) is 0 Å². The van der Waals surface area contributed by atoms with E-state index >= 15 is 0 Å². The van der Waals surface area contributed by atoms with Gasteiger partial charge in [-0.1, -0.05) is 18.2 Å². The molecule has 0 atom stereocenters. The van der Waals surface area contributed by atoms with Gasteiger partial charge in [-0.05, 0) is 26.3 Å². The minimum absolute atomic E-state index is 0.0312. The number of hydrogen-bond acceptors (Lipinski definition) is 3. The van der Waals surface area contributed by atoms with Gasteiger partial charge in [0.15, 0.2) is 0 Å². The molecule has 0 radical (unpaired) electrons.